The molecule has 1 N–H and O–H groups in total. The van der Waals surface area contributed by atoms with E-state index in [9.17, 15) is 4.79 Å². The van der Waals surface area contributed by atoms with Gasteiger partial charge in [-0.2, -0.15) is 0 Å². The molecule has 2 nitrogen and oxygen atoms in total. The maximum absolute atomic E-state index is 12.2. The van der Waals surface area contributed by atoms with Gasteiger partial charge in [0.1, 0.15) is 0 Å². The van der Waals surface area contributed by atoms with Crippen molar-refractivity contribution >= 4 is 40.9 Å². The molecule has 0 aliphatic carbocycles. The second kappa shape index (κ2) is 7.91. The van der Waals surface area contributed by atoms with Gasteiger partial charge in [-0.3, -0.25) is 4.79 Å². The Morgan fingerprint density at radius 3 is 2.50 bits per heavy atom. The molecule has 0 spiro atoms. The molecule has 2 rings (SSSR count). The van der Waals surface area contributed by atoms with Gasteiger partial charge in [-0.25, -0.2) is 0 Å². The zero-order valence-corrected chi connectivity index (χ0v) is 14.7. The second-order valence-corrected chi connectivity index (χ2v) is 7.28. The molecule has 0 radical (unpaired) electrons. The van der Waals surface area contributed by atoms with Gasteiger partial charge in [0, 0.05) is 21.5 Å². The van der Waals surface area contributed by atoms with Crippen LogP contribution in [0.25, 0.3) is 0 Å². The van der Waals surface area contributed by atoms with E-state index in [2.05, 4.69) is 5.32 Å². The summed E-state index contributed by atoms with van der Waals surface area (Å²) in [5, 5.41) is 3.88. The molecule has 2 aromatic rings. The normalized spacial score (nSPS) is 12.0. The van der Waals surface area contributed by atoms with Crippen LogP contribution in [0.5, 0.6) is 0 Å². The molecule has 2 aromatic carbocycles. The lowest BCUT2D eigenvalue weighted by Gasteiger charge is -2.13. The van der Waals surface area contributed by atoms with Gasteiger partial charge in [0.25, 0.3) is 0 Å². The van der Waals surface area contributed by atoms with Crippen molar-refractivity contribution in [3.63, 3.8) is 0 Å². The van der Waals surface area contributed by atoms with Crippen LogP contribution in [-0.2, 0) is 11.3 Å². The van der Waals surface area contributed by atoms with Crippen molar-refractivity contribution in [3.05, 3.63) is 63.6 Å². The van der Waals surface area contributed by atoms with E-state index < -0.39 is 0 Å². The monoisotopic (exact) mass is 353 g/mol. The number of halogens is 2. The quantitative estimate of drug-likeness (QED) is 0.757. The lowest BCUT2D eigenvalue weighted by Crippen LogP contribution is -2.30. The Morgan fingerprint density at radius 2 is 1.86 bits per heavy atom. The summed E-state index contributed by atoms with van der Waals surface area (Å²) in [5.41, 5.74) is 2.06. The lowest BCUT2D eigenvalue weighted by atomic mass is 10.2. The van der Waals surface area contributed by atoms with Crippen LogP contribution >= 0.6 is 35.0 Å². The highest BCUT2D eigenvalue weighted by Gasteiger charge is 2.14. The van der Waals surface area contributed by atoms with Crippen molar-refractivity contribution in [1.29, 1.82) is 0 Å². The molecule has 116 valence electrons. The zero-order valence-electron chi connectivity index (χ0n) is 12.4. The molecule has 0 heterocycles. The Kier molecular flexibility index (Phi) is 6.18. The minimum Gasteiger partial charge on any atom is -0.351 e. The predicted molar refractivity (Wildman–Crippen MR) is 94.8 cm³/mol. The SMILES string of the molecule is Cc1ccc(S[C@@H](C)C(=O)NCc2ccc(Cl)cc2Cl)cc1. The minimum absolute atomic E-state index is 0.0170. The fraction of sp³-hybridized carbons (Fsp3) is 0.235. The first-order chi connectivity index (χ1) is 10.5. The molecule has 0 aliphatic heterocycles. The maximum atomic E-state index is 12.2. The fourth-order valence-corrected chi connectivity index (χ4v) is 3.23. The van der Waals surface area contributed by atoms with Gasteiger partial charge in [0.15, 0.2) is 0 Å². The van der Waals surface area contributed by atoms with E-state index in [0.717, 1.165) is 10.5 Å². The first-order valence-electron chi connectivity index (χ1n) is 6.90. The molecule has 0 bridgehead atoms. The van der Waals surface area contributed by atoms with Crippen LogP contribution in [0, 0.1) is 6.92 Å². The number of nitrogens with one attached hydrogen (secondary N) is 1. The van der Waals surface area contributed by atoms with E-state index >= 15 is 0 Å². The van der Waals surface area contributed by atoms with E-state index in [1.54, 1.807) is 12.1 Å². The molecule has 0 aliphatic rings. The van der Waals surface area contributed by atoms with E-state index in [-0.39, 0.29) is 11.2 Å². The number of carbonyl (C=O) groups is 1. The number of benzene rings is 2. The molecule has 0 saturated carbocycles. The van der Waals surface area contributed by atoms with Gasteiger partial charge < -0.3 is 5.32 Å². The summed E-state index contributed by atoms with van der Waals surface area (Å²) in [6, 6.07) is 13.4. The van der Waals surface area contributed by atoms with Gasteiger partial charge in [-0.1, -0.05) is 47.0 Å². The van der Waals surface area contributed by atoms with Crippen LogP contribution in [0.3, 0.4) is 0 Å². The Labute approximate surface area is 145 Å². The van der Waals surface area contributed by atoms with Crippen molar-refractivity contribution in [1.82, 2.24) is 5.32 Å². The Hall–Kier alpha value is -1.16. The van der Waals surface area contributed by atoms with Crippen molar-refractivity contribution in [3.8, 4) is 0 Å². The highest BCUT2D eigenvalue weighted by molar-refractivity contribution is 8.00. The van der Waals surface area contributed by atoms with Crippen molar-refractivity contribution < 1.29 is 4.79 Å². The molecule has 0 unspecified atom stereocenters. The molecule has 1 atom stereocenters. The Morgan fingerprint density at radius 1 is 1.18 bits per heavy atom. The van der Waals surface area contributed by atoms with E-state index in [0.29, 0.717) is 16.6 Å². The van der Waals surface area contributed by atoms with Crippen LogP contribution in [-0.4, -0.2) is 11.2 Å². The summed E-state index contributed by atoms with van der Waals surface area (Å²) in [4.78, 5) is 13.2. The third-order valence-corrected chi connectivity index (χ3v) is 4.87. The summed E-state index contributed by atoms with van der Waals surface area (Å²) < 4.78 is 0. The number of amides is 1. The van der Waals surface area contributed by atoms with Crippen LogP contribution in [0.15, 0.2) is 47.4 Å². The van der Waals surface area contributed by atoms with Crippen LogP contribution in [0.2, 0.25) is 10.0 Å². The van der Waals surface area contributed by atoms with E-state index in [1.807, 2.05) is 44.2 Å². The summed E-state index contributed by atoms with van der Waals surface area (Å²) >= 11 is 13.5. The number of thioether (sulfide) groups is 1. The van der Waals surface area contributed by atoms with E-state index in [1.165, 1.54) is 17.3 Å². The zero-order chi connectivity index (χ0) is 16.1. The summed E-state index contributed by atoms with van der Waals surface area (Å²) in [6.45, 7) is 4.33. The molecule has 5 heteroatoms. The summed E-state index contributed by atoms with van der Waals surface area (Å²) in [6.07, 6.45) is 0. The fourth-order valence-electron chi connectivity index (χ4n) is 1.87. The first kappa shape index (κ1) is 17.2. The van der Waals surface area contributed by atoms with Crippen molar-refractivity contribution in [2.75, 3.05) is 0 Å². The summed E-state index contributed by atoms with van der Waals surface area (Å²) in [5.74, 6) is -0.0170. The molecule has 22 heavy (non-hydrogen) atoms. The Bertz CT molecular complexity index is 658. The third-order valence-electron chi connectivity index (χ3n) is 3.17. The molecule has 0 saturated heterocycles. The third kappa shape index (κ3) is 4.94. The van der Waals surface area contributed by atoms with Crippen molar-refractivity contribution in [2.45, 2.75) is 30.5 Å². The lowest BCUT2D eigenvalue weighted by molar-refractivity contribution is -0.120. The van der Waals surface area contributed by atoms with Gasteiger partial charge in [-0.15, -0.1) is 11.8 Å². The van der Waals surface area contributed by atoms with E-state index in [4.69, 9.17) is 23.2 Å². The number of rotatable bonds is 5. The van der Waals surface area contributed by atoms with Crippen molar-refractivity contribution in [2.24, 2.45) is 0 Å². The number of carbonyl (C=O) groups excluding carboxylic acids is 1. The molecule has 1 amide bonds. The standard InChI is InChI=1S/C17H17Cl2NOS/c1-11-3-7-15(8-4-11)22-12(2)17(21)20-10-13-5-6-14(18)9-16(13)19/h3-9,12H,10H2,1-2H3,(H,20,21)/t12-/m0/s1. The van der Waals surface area contributed by atoms with Gasteiger partial charge in [-0.05, 0) is 43.7 Å². The minimum atomic E-state index is -0.172. The molecular weight excluding hydrogens is 337 g/mol. The molecule has 0 fully saturated rings. The molecular formula is C17H17Cl2NOS. The van der Waals surface area contributed by atoms with Crippen LogP contribution < -0.4 is 5.32 Å². The van der Waals surface area contributed by atoms with Crippen LogP contribution in [0.1, 0.15) is 18.1 Å². The second-order valence-electron chi connectivity index (χ2n) is 5.03. The van der Waals surface area contributed by atoms with Gasteiger partial charge >= 0.3 is 0 Å². The average Bonchev–Trinajstić information content (AvgIpc) is 2.48. The van der Waals surface area contributed by atoms with Crippen LogP contribution in [0.4, 0.5) is 0 Å². The smallest absolute Gasteiger partial charge is 0.233 e. The largest absolute Gasteiger partial charge is 0.351 e. The number of hydrogen-bond donors (Lipinski definition) is 1. The maximum Gasteiger partial charge on any atom is 0.233 e. The number of hydrogen-bond acceptors (Lipinski definition) is 2. The van der Waals surface area contributed by atoms with Gasteiger partial charge in [0.05, 0.1) is 5.25 Å². The molecule has 0 aromatic heterocycles. The number of aryl methyl sites for hydroxylation is 1. The van der Waals surface area contributed by atoms with Gasteiger partial charge in [0.2, 0.25) is 5.91 Å². The highest BCUT2D eigenvalue weighted by Crippen LogP contribution is 2.24. The Balaban J connectivity index is 1.89. The average molecular weight is 354 g/mol. The highest BCUT2D eigenvalue weighted by atomic mass is 35.5. The summed E-state index contributed by atoms with van der Waals surface area (Å²) in [7, 11) is 0. The topological polar surface area (TPSA) is 29.1 Å². The first-order valence-corrected chi connectivity index (χ1v) is 8.54. The predicted octanol–water partition coefficient (Wildman–Crippen LogP) is 5.10.